The lowest BCUT2D eigenvalue weighted by Crippen LogP contribution is -2.21. The van der Waals surface area contributed by atoms with Gasteiger partial charge in [0.25, 0.3) is 0 Å². The fraction of sp³-hybridized carbons (Fsp3) is 0.167. The van der Waals surface area contributed by atoms with Crippen molar-refractivity contribution in [2.75, 3.05) is 6.61 Å². The molecule has 0 saturated heterocycles. The molecule has 0 fully saturated rings. The summed E-state index contributed by atoms with van der Waals surface area (Å²) in [5.74, 6) is 0.426. The van der Waals surface area contributed by atoms with Gasteiger partial charge in [-0.2, -0.15) is 5.26 Å². The van der Waals surface area contributed by atoms with Crippen molar-refractivity contribution in [2.45, 2.75) is 12.8 Å². The largest absolute Gasteiger partial charge is 0.506 e. The van der Waals surface area contributed by atoms with Crippen LogP contribution in [0.1, 0.15) is 24.0 Å². The molecule has 1 aliphatic heterocycles. The minimum Gasteiger partial charge on any atom is -0.506 e. The van der Waals surface area contributed by atoms with Gasteiger partial charge in [-0.05, 0) is 19.1 Å². The number of rotatable bonds is 3. The van der Waals surface area contributed by atoms with Crippen LogP contribution in [0.5, 0.6) is 17.2 Å². The number of benzene rings is 2. The Morgan fingerprint density at radius 1 is 1.33 bits per heavy atom. The van der Waals surface area contributed by atoms with Crippen molar-refractivity contribution in [3.05, 3.63) is 64.0 Å². The van der Waals surface area contributed by atoms with E-state index in [4.69, 9.17) is 26.8 Å². The van der Waals surface area contributed by atoms with Crippen LogP contribution in [0.3, 0.4) is 0 Å². The third-order valence-corrected chi connectivity index (χ3v) is 4.12. The van der Waals surface area contributed by atoms with Crippen molar-refractivity contribution in [1.82, 2.24) is 0 Å². The number of hydrogen-bond donors (Lipinski definition) is 2. The van der Waals surface area contributed by atoms with Gasteiger partial charge in [0.2, 0.25) is 5.88 Å². The summed E-state index contributed by atoms with van der Waals surface area (Å²) in [4.78, 5) is 0. The van der Waals surface area contributed by atoms with E-state index in [1.807, 2.05) is 31.2 Å². The van der Waals surface area contributed by atoms with Gasteiger partial charge in [-0.25, -0.2) is 0 Å². The first kappa shape index (κ1) is 16.0. The number of fused-ring (bicyclic) bond motifs is 1. The van der Waals surface area contributed by atoms with E-state index in [1.165, 1.54) is 6.07 Å². The van der Waals surface area contributed by atoms with Gasteiger partial charge in [0.1, 0.15) is 28.9 Å². The van der Waals surface area contributed by atoms with Gasteiger partial charge in [0.15, 0.2) is 0 Å². The lowest BCUT2D eigenvalue weighted by atomic mass is 9.83. The summed E-state index contributed by atoms with van der Waals surface area (Å²) in [5.41, 5.74) is 7.63. The van der Waals surface area contributed by atoms with E-state index < -0.39 is 5.92 Å². The molecule has 2 aromatic carbocycles. The van der Waals surface area contributed by atoms with Crippen LogP contribution in [0, 0.1) is 11.3 Å². The number of para-hydroxylation sites is 1. The first-order chi connectivity index (χ1) is 11.6. The number of aromatic hydroxyl groups is 1. The molecule has 3 N–H and O–H groups in total. The zero-order valence-corrected chi connectivity index (χ0v) is 13.7. The first-order valence-corrected chi connectivity index (χ1v) is 7.76. The maximum absolute atomic E-state index is 9.82. The standard InChI is InChI=1S/C18H15ClN2O3/c1-2-23-15-6-4-3-5-10(15)17-11-7-13(19)14(22)8-16(11)24-18(21)12(17)9-20/h3-8,17,22H,2,21H2,1H3/t17-/m1/s1. The van der Waals surface area contributed by atoms with Crippen LogP contribution in [0.15, 0.2) is 47.9 Å². The van der Waals surface area contributed by atoms with Crippen molar-refractivity contribution in [1.29, 1.82) is 5.26 Å². The van der Waals surface area contributed by atoms with Crippen LogP contribution in [0.25, 0.3) is 0 Å². The van der Waals surface area contributed by atoms with E-state index in [0.29, 0.717) is 23.7 Å². The second-order valence-corrected chi connectivity index (χ2v) is 5.64. The Labute approximate surface area is 144 Å². The molecule has 0 radical (unpaired) electrons. The SMILES string of the molecule is CCOc1ccccc1[C@H]1C(C#N)=C(N)Oc2cc(O)c(Cl)cc21. The molecular weight excluding hydrogens is 328 g/mol. The van der Waals surface area contributed by atoms with E-state index in [0.717, 1.165) is 5.56 Å². The number of ether oxygens (including phenoxy) is 2. The monoisotopic (exact) mass is 342 g/mol. The minimum atomic E-state index is -0.486. The molecule has 6 heteroatoms. The topological polar surface area (TPSA) is 88.5 Å². The molecule has 2 aromatic rings. The predicted molar refractivity (Wildman–Crippen MR) is 90.0 cm³/mol. The van der Waals surface area contributed by atoms with Crippen molar-refractivity contribution in [3.63, 3.8) is 0 Å². The van der Waals surface area contributed by atoms with Crippen LogP contribution < -0.4 is 15.2 Å². The molecule has 0 aliphatic carbocycles. The van der Waals surface area contributed by atoms with Crippen LogP contribution in [0.4, 0.5) is 0 Å². The highest BCUT2D eigenvalue weighted by Gasteiger charge is 2.33. The number of nitriles is 1. The summed E-state index contributed by atoms with van der Waals surface area (Å²) >= 11 is 6.06. The average Bonchev–Trinajstić information content (AvgIpc) is 2.56. The highest BCUT2D eigenvalue weighted by molar-refractivity contribution is 6.32. The van der Waals surface area contributed by atoms with E-state index in [-0.39, 0.29) is 22.2 Å². The van der Waals surface area contributed by atoms with E-state index in [9.17, 15) is 10.4 Å². The molecule has 1 aliphatic rings. The van der Waals surface area contributed by atoms with Gasteiger partial charge in [-0.3, -0.25) is 0 Å². The zero-order chi connectivity index (χ0) is 17.3. The highest BCUT2D eigenvalue weighted by Crippen LogP contribution is 2.47. The Morgan fingerprint density at radius 3 is 2.79 bits per heavy atom. The number of allylic oxidation sites excluding steroid dienone is 1. The number of halogens is 1. The molecule has 5 nitrogen and oxygen atoms in total. The summed E-state index contributed by atoms with van der Waals surface area (Å²) in [6, 6.07) is 12.5. The number of nitrogens with two attached hydrogens (primary N) is 1. The molecule has 0 amide bonds. The third-order valence-electron chi connectivity index (χ3n) is 3.81. The molecule has 122 valence electrons. The number of hydrogen-bond acceptors (Lipinski definition) is 5. The Balaban J connectivity index is 2.26. The zero-order valence-electron chi connectivity index (χ0n) is 12.9. The van der Waals surface area contributed by atoms with Gasteiger partial charge in [-0.1, -0.05) is 29.8 Å². The van der Waals surface area contributed by atoms with Crippen LogP contribution >= 0.6 is 11.6 Å². The highest BCUT2D eigenvalue weighted by atomic mass is 35.5. The Bertz CT molecular complexity index is 871. The average molecular weight is 343 g/mol. The number of phenols is 1. The maximum Gasteiger partial charge on any atom is 0.205 e. The molecule has 0 aromatic heterocycles. The smallest absolute Gasteiger partial charge is 0.205 e. The molecule has 1 heterocycles. The molecule has 0 unspecified atom stereocenters. The number of phenolic OH excluding ortho intramolecular Hbond substituents is 1. The summed E-state index contributed by atoms with van der Waals surface area (Å²) in [6.45, 7) is 2.38. The summed E-state index contributed by atoms with van der Waals surface area (Å²) < 4.78 is 11.2. The third kappa shape index (κ3) is 2.61. The van der Waals surface area contributed by atoms with Crippen molar-refractivity contribution < 1.29 is 14.6 Å². The molecule has 1 atom stereocenters. The summed E-state index contributed by atoms with van der Waals surface area (Å²) in [6.07, 6.45) is 0. The fourth-order valence-electron chi connectivity index (χ4n) is 2.79. The maximum atomic E-state index is 9.82. The Morgan fingerprint density at radius 2 is 2.08 bits per heavy atom. The Hall–Kier alpha value is -2.84. The van der Waals surface area contributed by atoms with Gasteiger partial charge < -0.3 is 20.3 Å². The molecular formula is C18H15ClN2O3. The quantitative estimate of drug-likeness (QED) is 0.888. The van der Waals surface area contributed by atoms with Gasteiger partial charge >= 0.3 is 0 Å². The van der Waals surface area contributed by atoms with E-state index >= 15 is 0 Å². The fourth-order valence-corrected chi connectivity index (χ4v) is 2.96. The molecule has 0 bridgehead atoms. The lowest BCUT2D eigenvalue weighted by Gasteiger charge is -2.28. The second-order valence-electron chi connectivity index (χ2n) is 5.24. The predicted octanol–water partition coefficient (Wildman–Crippen LogP) is 3.66. The van der Waals surface area contributed by atoms with Crippen molar-refractivity contribution >= 4 is 11.6 Å². The van der Waals surface area contributed by atoms with E-state index in [1.54, 1.807) is 6.07 Å². The Kier molecular flexibility index (Phi) is 4.24. The number of nitrogens with zero attached hydrogens (tertiary/aromatic N) is 1. The summed E-state index contributed by atoms with van der Waals surface area (Å²) in [7, 11) is 0. The molecule has 0 saturated carbocycles. The second kappa shape index (κ2) is 6.34. The van der Waals surface area contributed by atoms with Crippen LogP contribution in [-0.4, -0.2) is 11.7 Å². The lowest BCUT2D eigenvalue weighted by molar-refractivity contribution is 0.334. The first-order valence-electron chi connectivity index (χ1n) is 7.38. The van der Waals surface area contributed by atoms with E-state index in [2.05, 4.69) is 6.07 Å². The van der Waals surface area contributed by atoms with Gasteiger partial charge in [-0.15, -0.1) is 0 Å². The van der Waals surface area contributed by atoms with Crippen LogP contribution in [0.2, 0.25) is 5.02 Å². The van der Waals surface area contributed by atoms with Gasteiger partial charge in [0, 0.05) is 17.2 Å². The minimum absolute atomic E-state index is 0.00280. The van der Waals surface area contributed by atoms with Crippen molar-refractivity contribution in [3.8, 4) is 23.3 Å². The summed E-state index contributed by atoms with van der Waals surface area (Å²) in [5, 5.41) is 19.6. The molecule has 3 rings (SSSR count). The molecule has 24 heavy (non-hydrogen) atoms. The normalized spacial score (nSPS) is 16.1. The van der Waals surface area contributed by atoms with Crippen molar-refractivity contribution in [2.24, 2.45) is 5.73 Å². The van der Waals surface area contributed by atoms with Crippen LogP contribution in [-0.2, 0) is 0 Å². The molecule has 0 spiro atoms. The van der Waals surface area contributed by atoms with Gasteiger partial charge in [0.05, 0.1) is 17.5 Å².